The van der Waals surface area contributed by atoms with Crippen LogP contribution in [-0.2, 0) is 15.0 Å². The first kappa shape index (κ1) is 25.6. The molecule has 1 atom stereocenters. The normalized spacial score (nSPS) is 18.1. The number of rotatable bonds is 6. The molecule has 1 N–H and O–H groups in total. The predicted molar refractivity (Wildman–Crippen MR) is 142 cm³/mol. The minimum atomic E-state index is -0.670. The number of amides is 1. The number of fused-ring (bicyclic) bond motifs is 1. The fraction of sp³-hybridized carbons (Fsp3) is 0.414. The molecule has 1 aliphatic rings. The zero-order chi connectivity index (χ0) is 26.4. The predicted octanol–water partition coefficient (Wildman–Crippen LogP) is 4.62. The number of aliphatic hydroxyl groups excluding tert-OH is 1. The highest BCUT2D eigenvalue weighted by atomic mass is 16.3. The average molecular weight is 489 g/mol. The van der Waals surface area contributed by atoms with E-state index in [2.05, 4.69) is 25.8 Å². The second kappa shape index (κ2) is 9.54. The zero-order valence-electron chi connectivity index (χ0n) is 22.3. The van der Waals surface area contributed by atoms with Gasteiger partial charge in [0, 0.05) is 12.7 Å². The van der Waals surface area contributed by atoms with Crippen molar-refractivity contribution in [1.82, 2.24) is 19.2 Å². The highest BCUT2D eigenvalue weighted by Gasteiger charge is 2.46. The van der Waals surface area contributed by atoms with E-state index in [-0.39, 0.29) is 16.7 Å². The quantitative estimate of drug-likeness (QED) is 0.311. The largest absolute Gasteiger partial charge is 0.505 e. The minimum absolute atomic E-state index is 0.0302. The Hall–Kier alpha value is -3.45. The lowest BCUT2D eigenvalue weighted by atomic mass is 9.85. The SMILES string of the molecule is Cc1nc2c(C)cccn2c1C(O)=C1C(=O)C(=O)N(CCCN(C)C)[C@@H]1c1ccc(C(C)(C)C)cc1. The first-order valence-corrected chi connectivity index (χ1v) is 12.4. The Labute approximate surface area is 213 Å². The number of carbonyl (C=O) groups excluding carboxylic acids is 2. The number of pyridine rings is 1. The number of benzene rings is 1. The van der Waals surface area contributed by atoms with Crippen LogP contribution < -0.4 is 0 Å². The first-order valence-electron chi connectivity index (χ1n) is 12.4. The molecule has 7 heteroatoms. The summed E-state index contributed by atoms with van der Waals surface area (Å²) in [4.78, 5) is 35.0. The Morgan fingerprint density at radius 2 is 1.75 bits per heavy atom. The van der Waals surface area contributed by atoms with Crippen molar-refractivity contribution in [3.8, 4) is 0 Å². The molecule has 4 rings (SSSR count). The third-order valence-electron chi connectivity index (χ3n) is 6.88. The van der Waals surface area contributed by atoms with Crippen LogP contribution in [0.2, 0.25) is 0 Å². The van der Waals surface area contributed by atoms with Crippen LogP contribution in [-0.4, -0.2) is 63.2 Å². The lowest BCUT2D eigenvalue weighted by Crippen LogP contribution is -2.32. The van der Waals surface area contributed by atoms with Gasteiger partial charge in [-0.25, -0.2) is 4.98 Å². The number of nitrogens with zero attached hydrogens (tertiary/aromatic N) is 4. The molecule has 0 spiro atoms. The van der Waals surface area contributed by atoms with E-state index in [0.717, 1.165) is 23.2 Å². The number of ketones is 1. The summed E-state index contributed by atoms with van der Waals surface area (Å²) >= 11 is 0. The molecule has 1 aliphatic heterocycles. The van der Waals surface area contributed by atoms with Crippen LogP contribution in [0.3, 0.4) is 0 Å². The van der Waals surface area contributed by atoms with E-state index in [4.69, 9.17) is 0 Å². The van der Waals surface area contributed by atoms with Gasteiger partial charge < -0.3 is 14.9 Å². The molecular weight excluding hydrogens is 452 g/mol. The zero-order valence-corrected chi connectivity index (χ0v) is 22.3. The summed E-state index contributed by atoms with van der Waals surface area (Å²) < 4.78 is 1.79. The fourth-order valence-electron chi connectivity index (χ4n) is 4.91. The standard InChI is InChI=1S/C29H36N4O3/c1-18-10-8-16-32-23(19(2)30-27(18)32)25(34)22-24(20-11-13-21(14-12-20)29(3,4)5)33(28(36)26(22)35)17-9-15-31(6)7/h8,10-14,16,24,34H,9,15,17H2,1-7H3/t24-/m1/s1. The molecule has 3 aromatic rings. The van der Waals surface area contributed by atoms with E-state index in [0.29, 0.717) is 30.0 Å². The summed E-state index contributed by atoms with van der Waals surface area (Å²) in [5.74, 6) is -1.43. The van der Waals surface area contributed by atoms with Crippen LogP contribution in [0.5, 0.6) is 0 Å². The van der Waals surface area contributed by atoms with Crippen molar-refractivity contribution >= 4 is 23.1 Å². The van der Waals surface area contributed by atoms with Gasteiger partial charge in [-0.3, -0.25) is 14.0 Å². The third kappa shape index (κ3) is 4.55. The van der Waals surface area contributed by atoms with Gasteiger partial charge >= 0.3 is 0 Å². The monoisotopic (exact) mass is 488 g/mol. The summed E-state index contributed by atoms with van der Waals surface area (Å²) in [6.07, 6.45) is 2.53. The van der Waals surface area contributed by atoms with Gasteiger partial charge in [-0.15, -0.1) is 0 Å². The lowest BCUT2D eigenvalue weighted by Gasteiger charge is -2.27. The van der Waals surface area contributed by atoms with Crippen LogP contribution in [0.25, 0.3) is 11.4 Å². The molecule has 1 saturated heterocycles. The van der Waals surface area contributed by atoms with Gasteiger partial charge in [0.15, 0.2) is 5.76 Å². The van der Waals surface area contributed by atoms with E-state index in [1.165, 1.54) is 0 Å². The summed E-state index contributed by atoms with van der Waals surface area (Å²) in [5, 5.41) is 11.6. The lowest BCUT2D eigenvalue weighted by molar-refractivity contribution is -0.139. The molecule has 0 saturated carbocycles. The van der Waals surface area contributed by atoms with Crippen molar-refractivity contribution in [2.75, 3.05) is 27.2 Å². The summed E-state index contributed by atoms with van der Waals surface area (Å²) in [7, 11) is 3.96. The van der Waals surface area contributed by atoms with Crippen LogP contribution in [0.1, 0.15) is 61.3 Å². The maximum atomic E-state index is 13.4. The number of imidazole rings is 1. The van der Waals surface area contributed by atoms with E-state index in [1.807, 2.05) is 75.4 Å². The molecule has 190 valence electrons. The fourth-order valence-corrected chi connectivity index (χ4v) is 4.91. The average Bonchev–Trinajstić information content (AvgIpc) is 3.27. The number of hydrogen-bond donors (Lipinski definition) is 1. The van der Waals surface area contributed by atoms with Crippen LogP contribution >= 0.6 is 0 Å². The summed E-state index contributed by atoms with van der Waals surface area (Å²) in [6, 6.07) is 11.2. The third-order valence-corrected chi connectivity index (χ3v) is 6.88. The summed E-state index contributed by atoms with van der Waals surface area (Å²) in [5.41, 5.74) is 4.75. The van der Waals surface area contributed by atoms with Crippen LogP contribution in [0, 0.1) is 13.8 Å². The van der Waals surface area contributed by atoms with Crippen molar-refractivity contribution in [3.63, 3.8) is 0 Å². The molecule has 2 aromatic heterocycles. The molecule has 3 heterocycles. The van der Waals surface area contributed by atoms with Gasteiger partial charge in [-0.2, -0.15) is 0 Å². The molecule has 0 aliphatic carbocycles. The highest BCUT2D eigenvalue weighted by Crippen LogP contribution is 2.40. The van der Waals surface area contributed by atoms with Gasteiger partial charge in [0.25, 0.3) is 11.7 Å². The van der Waals surface area contributed by atoms with E-state index < -0.39 is 17.7 Å². The molecule has 1 aromatic carbocycles. The number of hydrogen-bond acceptors (Lipinski definition) is 5. The number of carbonyl (C=O) groups is 2. The molecular formula is C29H36N4O3. The van der Waals surface area contributed by atoms with E-state index >= 15 is 0 Å². The molecule has 1 amide bonds. The molecule has 0 radical (unpaired) electrons. The highest BCUT2D eigenvalue weighted by molar-refractivity contribution is 6.46. The van der Waals surface area contributed by atoms with Crippen molar-refractivity contribution < 1.29 is 14.7 Å². The number of Topliss-reactive ketones (excluding diaryl/α,β-unsaturated/α-hetero) is 1. The maximum Gasteiger partial charge on any atom is 0.295 e. The van der Waals surface area contributed by atoms with Crippen molar-refractivity contribution in [2.24, 2.45) is 0 Å². The minimum Gasteiger partial charge on any atom is -0.505 e. The van der Waals surface area contributed by atoms with Crippen molar-refractivity contribution in [3.05, 3.63) is 76.2 Å². The van der Waals surface area contributed by atoms with Gasteiger partial charge in [0.2, 0.25) is 0 Å². The summed E-state index contributed by atoms with van der Waals surface area (Å²) in [6.45, 7) is 11.4. The van der Waals surface area contributed by atoms with Crippen molar-refractivity contribution in [2.45, 2.75) is 52.5 Å². The van der Waals surface area contributed by atoms with Crippen LogP contribution in [0.4, 0.5) is 0 Å². The molecule has 36 heavy (non-hydrogen) atoms. The number of aryl methyl sites for hydroxylation is 2. The van der Waals surface area contributed by atoms with Crippen molar-refractivity contribution in [1.29, 1.82) is 0 Å². The number of aliphatic hydroxyl groups is 1. The second-order valence-electron chi connectivity index (χ2n) is 11.0. The Morgan fingerprint density at radius 3 is 2.36 bits per heavy atom. The Morgan fingerprint density at radius 1 is 1.08 bits per heavy atom. The number of aromatic nitrogens is 2. The van der Waals surface area contributed by atoms with Gasteiger partial charge in [-0.1, -0.05) is 51.1 Å². The van der Waals surface area contributed by atoms with Gasteiger partial charge in [0.05, 0.1) is 17.3 Å². The maximum absolute atomic E-state index is 13.4. The topological polar surface area (TPSA) is 78.1 Å². The van der Waals surface area contributed by atoms with E-state index in [9.17, 15) is 14.7 Å². The molecule has 7 nitrogen and oxygen atoms in total. The van der Waals surface area contributed by atoms with Gasteiger partial charge in [-0.05, 0) is 69.1 Å². The Bertz CT molecular complexity index is 1340. The second-order valence-corrected chi connectivity index (χ2v) is 11.0. The number of likely N-dealkylation sites (tertiary alicyclic amines) is 1. The smallest absolute Gasteiger partial charge is 0.295 e. The van der Waals surface area contributed by atoms with E-state index in [1.54, 1.807) is 9.30 Å². The molecule has 0 bridgehead atoms. The van der Waals surface area contributed by atoms with Crippen LogP contribution in [0.15, 0.2) is 48.2 Å². The Kier molecular flexibility index (Phi) is 6.80. The van der Waals surface area contributed by atoms with Gasteiger partial charge in [0.1, 0.15) is 11.3 Å². The Balaban J connectivity index is 1.89. The molecule has 0 unspecified atom stereocenters. The molecule has 1 fully saturated rings. The first-order chi connectivity index (χ1) is 16.9.